The molecule has 1 N–H and O–H groups in total. The minimum Gasteiger partial charge on any atom is -0.367 e. The van der Waals surface area contributed by atoms with Gasteiger partial charge in [-0.05, 0) is 49.7 Å². The van der Waals surface area contributed by atoms with Gasteiger partial charge in [0.05, 0.1) is 5.56 Å². The van der Waals surface area contributed by atoms with Crippen LogP contribution in [0, 0.1) is 4.91 Å². The molecule has 1 heterocycles. The zero-order valence-electron chi connectivity index (χ0n) is 13.6. The molecule has 0 aromatic carbocycles. The Kier molecular flexibility index (Phi) is 5.36. The number of nitrogens with one attached hydrogen (secondary N) is 1. The second-order valence-corrected chi connectivity index (χ2v) is 6.77. The van der Waals surface area contributed by atoms with Gasteiger partial charge in [-0.15, -0.1) is 4.91 Å². The van der Waals surface area contributed by atoms with Gasteiger partial charge in [0.25, 0.3) is 0 Å². The molecule has 0 atom stereocenters. The van der Waals surface area contributed by atoms with Gasteiger partial charge >= 0.3 is 5.91 Å². The van der Waals surface area contributed by atoms with Crippen LogP contribution in [0.15, 0.2) is 11.4 Å². The summed E-state index contributed by atoms with van der Waals surface area (Å²) in [7, 11) is 0. The van der Waals surface area contributed by atoms with E-state index in [0.29, 0.717) is 11.6 Å². The van der Waals surface area contributed by atoms with E-state index in [2.05, 4.69) is 15.5 Å². The topological polar surface area (TPSA) is 71.4 Å². The molecule has 1 amide bonds. The Morgan fingerprint density at radius 2 is 1.65 bits per heavy atom. The number of fused-ring (bicyclic) bond motifs is 1. The van der Waals surface area contributed by atoms with Crippen LogP contribution in [-0.2, 0) is 12.8 Å². The average Bonchev–Trinajstić information content (AvgIpc) is 2.56. The van der Waals surface area contributed by atoms with Gasteiger partial charge in [0.1, 0.15) is 5.82 Å². The number of amides is 1. The van der Waals surface area contributed by atoms with Gasteiger partial charge < -0.3 is 5.32 Å². The molecule has 2 aliphatic rings. The predicted octanol–water partition coefficient (Wildman–Crippen LogP) is 4.39. The molecule has 5 nitrogen and oxygen atoms in total. The molecule has 1 aromatic rings. The normalized spacial score (nSPS) is 19.3. The predicted molar refractivity (Wildman–Crippen MR) is 90.7 cm³/mol. The molecular weight excluding hydrogens is 290 g/mol. The standard InChI is InChI=1S/C18H25N3O2/c22-18(21-23)16-12-19-17(15-11-7-6-10-14(15)16)20-13-8-4-2-1-3-5-9-13/h12-13H,1-11H2,(H,19,20). The average molecular weight is 315 g/mol. The maximum atomic E-state index is 11.7. The van der Waals surface area contributed by atoms with Crippen LogP contribution in [0.4, 0.5) is 5.82 Å². The van der Waals surface area contributed by atoms with Crippen LogP contribution < -0.4 is 5.32 Å². The minimum absolute atomic E-state index is 0.401. The van der Waals surface area contributed by atoms with Crippen molar-refractivity contribution >= 4 is 11.7 Å². The van der Waals surface area contributed by atoms with Gasteiger partial charge in [0, 0.05) is 17.4 Å². The first kappa shape index (κ1) is 16.1. The highest BCUT2D eigenvalue weighted by atomic mass is 16.3. The minimum atomic E-state index is -0.687. The van der Waals surface area contributed by atoms with Crippen molar-refractivity contribution in [3.8, 4) is 0 Å². The first-order chi connectivity index (χ1) is 11.3. The number of rotatable bonds is 3. The number of hydrogen-bond donors (Lipinski definition) is 1. The van der Waals surface area contributed by atoms with E-state index >= 15 is 0 Å². The summed E-state index contributed by atoms with van der Waals surface area (Å²) in [6.07, 6.45) is 14.4. The van der Waals surface area contributed by atoms with Gasteiger partial charge in [-0.25, -0.2) is 4.98 Å². The summed E-state index contributed by atoms with van der Waals surface area (Å²) in [6, 6.07) is 0.472. The van der Waals surface area contributed by atoms with Crippen molar-refractivity contribution in [3.63, 3.8) is 0 Å². The lowest BCUT2D eigenvalue weighted by Crippen LogP contribution is -2.24. The van der Waals surface area contributed by atoms with E-state index in [1.54, 1.807) is 6.20 Å². The van der Waals surface area contributed by atoms with Gasteiger partial charge in [0.15, 0.2) is 0 Å². The largest absolute Gasteiger partial charge is 0.367 e. The summed E-state index contributed by atoms with van der Waals surface area (Å²) in [4.78, 5) is 26.8. The fraction of sp³-hybridized carbons (Fsp3) is 0.667. The summed E-state index contributed by atoms with van der Waals surface area (Å²) in [5.41, 5.74) is 2.52. The monoisotopic (exact) mass is 315 g/mol. The Labute approximate surface area is 137 Å². The molecule has 0 bridgehead atoms. The van der Waals surface area contributed by atoms with E-state index < -0.39 is 5.91 Å². The lowest BCUT2D eigenvalue weighted by atomic mass is 9.88. The van der Waals surface area contributed by atoms with Crippen LogP contribution in [0.25, 0.3) is 0 Å². The van der Waals surface area contributed by atoms with Gasteiger partial charge in [-0.3, -0.25) is 4.79 Å². The molecule has 0 spiro atoms. The third-order valence-corrected chi connectivity index (χ3v) is 5.16. The molecule has 0 unspecified atom stereocenters. The number of nitrogens with zero attached hydrogens (tertiary/aromatic N) is 2. The van der Waals surface area contributed by atoms with Crippen LogP contribution in [0.3, 0.4) is 0 Å². The van der Waals surface area contributed by atoms with Crippen molar-refractivity contribution in [3.05, 3.63) is 27.8 Å². The molecule has 5 heteroatoms. The Hall–Kier alpha value is -1.78. The molecule has 1 saturated carbocycles. The third kappa shape index (κ3) is 3.77. The molecule has 2 aliphatic carbocycles. The molecule has 1 fully saturated rings. The number of anilines is 1. The lowest BCUT2D eigenvalue weighted by molar-refractivity contribution is 0.0999. The summed E-state index contributed by atoms with van der Waals surface area (Å²) < 4.78 is 0. The van der Waals surface area contributed by atoms with Crippen LogP contribution >= 0.6 is 0 Å². The lowest BCUT2D eigenvalue weighted by Gasteiger charge is -2.26. The van der Waals surface area contributed by atoms with E-state index in [1.807, 2.05) is 0 Å². The number of pyridine rings is 1. The van der Waals surface area contributed by atoms with E-state index in [1.165, 1.54) is 44.9 Å². The zero-order valence-corrected chi connectivity index (χ0v) is 13.6. The van der Waals surface area contributed by atoms with Gasteiger partial charge in [0.2, 0.25) is 0 Å². The highest BCUT2D eigenvalue weighted by Gasteiger charge is 2.23. The quantitative estimate of drug-likeness (QED) is 0.840. The van der Waals surface area contributed by atoms with Crippen molar-refractivity contribution < 1.29 is 4.79 Å². The molecule has 124 valence electrons. The number of nitroso groups, excluding NO2 is 1. The van der Waals surface area contributed by atoms with Crippen LogP contribution in [0.2, 0.25) is 0 Å². The summed E-state index contributed by atoms with van der Waals surface area (Å²) in [5, 5.41) is 6.22. The summed E-state index contributed by atoms with van der Waals surface area (Å²) in [5.74, 6) is 0.237. The van der Waals surface area contributed by atoms with E-state index in [4.69, 9.17) is 0 Å². The van der Waals surface area contributed by atoms with E-state index in [0.717, 1.165) is 42.6 Å². The van der Waals surface area contributed by atoms with Crippen molar-refractivity contribution in [2.75, 3.05) is 5.32 Å². The first-order valence-corrected chi connectivity index (χ1v) is 8.94. The van der Waals surface area contributed by atoms with Crippen LogP contribution in [-0.4, -0.2) is 16.9 Å². The highest BCUT2D eigenvalue weighted by Crippen LogP contribution is 2.31. The first-order valence-electron chi connectivity index (χ1n) is 8.94. The zero-order chi connectivity index (χ0) is 16.1. The number of hydrogen-bond acceptors (Lipinski definition) is 4. The highest BCUT2D eigenvalue weighted by molar-refractivity contribution is 5.96. The third-order valence-electron chi connectivity index (χ3n) is 5.16. The second kappa shape index (κ2) is 7.66. The molecule has 23 heavy (non-hydrogen) atoms. The smallest absolute Gasteiger partial charge is 0.318 e. The number of carbonyl (C=O) groups is 1. The molecule has 0 radical (unpaired) electrons. The second-order valence-electron chi connectivity index (χ2n) is 6.77. The van der Waals surface area contributed by atoms with E-state index in [9.17, 15) is 9.70 Å². The Balaban J connectivity index is 1.84. The Bertz CT molecular complexity index is 578. The molecular formula is C18H25N3O2. The molecule has 0 aliphatic heterocycles. The SMILES string of the molecule is O=NC(=O)c1cnc(NC2CCCCCCC2)c2c1CCCC2. The van der Waals surface area contributed by atoms with Crippen LogP contribution in [0.5, 0.6) is 0 Å². The van der Waals surface area contributed by atoms with Crippen molar-refractivity contribution in [1.82, 2.24) is 4.98 Å². The van der Waals surface area contributed by atoms with Gasteiger partial charge in [-0.2, -0.15) is 0 Å². The van der Waals surface area contributed by atoms with E-state index in [-0.39, 0.29) is 0 Å². The Morgan fingerprint density at radius 1 is 1.00 bits per heavy atom. The maximum absolute atomic E-state index is 11.7. The van der Waals surface area contributed by atoms with Crippen molar-refractivity contribution in [1.29, 1.82) is 0 Å². The fourth-order valence-electron chi connectivity index (χ4n) is 3.90. The maximum Gasteiger partial charge on any atom is 0.318 e. The molecule has 3 rings (SSSR count). The molecule has 0 saturated heterocycles. The summed E-state index contributed by atoms with van der Waals surface area (Å²) in [6.45, 7) is 0. The van der Waals surface area contributed by atoms with Gasteiger partial charge in [-0.1, -0.05) is 32.1 Å². The summed E-state index contributed by atoms with van der Waals surface area (Å²) >= 11 is 0. The van der Waals surface area contributed by atoms with Crippen molar-refractivity contribution in [2.45, 2.75) is 76.7 Å². The molecule has 1 aromatic heterocycles. The number of aromatic nitrogens is 1. The fourth-order valence-corrected chi connectivity index (χ4v) is 3.90. The number of carbonyl (C=O) groups excluding carboxylic acids is 1. The Morgan fingerprint density at radius 3 is 2.35 bits per heavy atom. The van der Waals surface area contributed by atoms with Crippen molar-refractivity contribution in [2.24, 2.45) is 5.18 Å². The van der Waals surface area contributed by atoms with Crippen LogP contribution in [0.1, 0.15) is 79.3 Å².